The first-order valence-electron chi connectivity index (χ1n) is 8.03. The molecule has 2 aliphatic rings. The van der Waals surface area contributed by atoms with E-state index in [-0.39, 0.29) is 23.8 Å². The first kappa shape index (κ1) is 20.7. The van der Waals surface area contributed by atoms with Crippen molar-refractivity contribution in [3.8, 4) is 0 Å². The Morgan fingerprint density at radius 2 is 2.21 bits per heavy atom. The Labute approximate surface area is 171 Å². The number of thiophene rings is 1. The maximum Gasteiger partial charge on any atom is 0.352 e. The third-order valence-electron chi connectivity index (χ3n) is 4.04. The molecule has 1 aromatic rings. The van der Waals surface area contributed by atoms with Crippen molar-refractivity contribution in [1.29, 1.82) is 0 Å². The number of nitrogens with one attached hydrogen (secondary N) is 1. The molecule has 1 saturated heterocycles. The van der Waals surface area contributed by atoms with Crippen molar-refractivity contribution >= 4 is 58.0 Å². The van der Waals surface area contributed by atoms with E-state index in [9.17, 15) is 28.8 Å². The fourth-order valence-corrected chi connectivity index (χ4v) is 6.02. The van der Waals surface area contributed by atoms with Gasteiger partial charge in [-0.3, -0.25) is 19.3 Å². The number of fused-ring (bicyclic) bond motifs is 1. The molecule has 2 N–H and O–H groups in total. The summed E-state index contributed by atoms with van der Waals surface area (Å²) in [5.74, 6) is -3.00. The molecule has 3 atom stereocenters. The molecular weight excluding hydrogens is 428 g/mol. The topological polar surface area (TPSA) is 136 Å². The summed E-state index contributed by atoms with van der Waals surface area (Å²) in [5.41, 5.74) is 0.1000. The van der Waals surface area contributed by atoms with Crippen molar-refractivity contribution in [2.24, 2.45) is 0 Å². The Bertz CT molecular complexity index is 839. The second-order valence-electron chi connectivity index (χ2n) is 5.94. The van der Waals surface area contributed by atoms with Crippen LogP contribution >= 0.6 is 23.1 Å². The summed E-state index contributed by atoms with van der Waals surface area (Å²) < 4.78 is 17.0. The maximum atomic E-state index is 12.5. The van der Waals surface area contributed by atoms with E-state index in [1.807, 2.05) is 0 Å². The zero-order valence-corrected chi connectivity index (χ0v) is 17.0. The lowest BCUT2D eigenvalue weighted by Gasteiger charge is -2.49. The molecular formula is C16H16N2O7S3. The normalized spacial score (nSPS) is 22.2. The van der Waals surface area contributed by atoms with Gasteiger partial charge in [-0.2, -0.15) is 0 Å². The molecule has 3 rings (SSSR count). The molecule has 0 bridgehead atoms. The van der Waals surface area contributed by atoms with Gasteiger partial charge in [-0.05, 0) is 16.6 Å². The molecule has 1 aromatic heterocycles. The first-order valence-corrected chi connectivity index (χ1v) is 11.3. The summed E-state index contributed by atoms with van der Waals surface area (Å²) in [6.45, 7) is 0.997. The number of carbonyl (C=O) groups excluding carboxylic acids is 3. The van der Waals surface area contributed by atoms with Gasteiger partial charge < -0.3 is 19.7 Å². The molecule has 9 nitrogen and oxygen atoms in total. The predicted molar refractivity (Wildman–Crippen MR) is 102 cm³/mol. The summed E-state index contributed by atoms with van der Waals surface area (Å²) in [6.07, 6.45) is 0. The van der Waals surface area contributed by atoms with Crippen molar-refractivity contribution in [2.45, 2.75) is 23.2 Å². The Morgan fingerprint density at radius 3 is 2.82 bits per heavy atom. The number of amides is 2. The summed E-state index contributed by atoms with van der Waals surface area (Å²) in [5, 5.41) is 14.9. The number of β-lactam (4-membered cyclic amide) rings is 1. The predicted octanol–water partition coefficient (Wildman–Crippen LogP) is 0.157. The second kappa shape index (κ2) is 8.55. The van der Waals surface area contributed by atoms with Crippen LogP contribution in [0.3, 0.4) is 0 Å². The number of ether oxygens (including phenoxy) is 1. The zero-order chi connectivity index (χ0) is 20.4. The van der Waals surface area contributed by atoms with E-state index < -0.39 is 46.3 Å². The van der Waals surface area contributed by atoms with Crippen LogP contribution in [0.15, 0.2) is 33.0 Å². The van der Waals surface area contributed by atoms with Crippen LogP contribution in [0.1, 0.15) is 6.92 Å². The van der Waals surface area contributed by atoms with Crippen molar-refractivity contribution in [3.05, 3.63) is 28.1 Å². The number of esters is 1. The highest BCUT2D eigenvalue weighted by atomic mass is 32.2. The van der Waals surface area contributed by atoms with E-state index in [4.69, 9.17) is 4.74 Å². The molecule has 1 fully saturated rings. The van der Waals surface area contributed by atoms with Gasteiger partial charge in [0.15, 0.2) is 10.6 Å². The van der Waals surface area contributed by atoms with E-state index in [2.05, 4.69) is 5.32 Å². The van der Waals surface area contributed by atoms with Gasteiger partial charge >= 0.3 is 11.9 Å². The number of aliphatic carboxylic acids is 1. The standard InChI is InChI=1S/C16H16N2O7S3/c1-8(19)25-4-9-5-27-15-12(14(21)18(15)13(9)16(22)23)17-11(20)7-28(24)10-2-3-26-6-10/h2-3,6,12,15H,4-5,7H2,1H3,(H,17,20)(H,22,23)/t12-,15-,28?/m1/s1. The van der Waals surface area contributed by atoms with Gasteiger partial charge in [0.05, 0.1) is 0 Å². The minimum atomic E-state index is -1.51. The summed E-state index contributed by atoms with van der Waals surface area (Å²) in [6, 6.07) is 0.775. The maximum absolute atomic E-state index is 12.5. The van der Waals surface area contributed by atoms with Crippen molar-refractivity contribution in [3.63, 3.8) is 0 Å². The average Bonchev–Trinajstić information content (AvgIpc) is 3.18. The molecule has 2 aliphatic heterocycles. The molecule has 3 heterocycles. The number of hydrogen-bond acceptors (Lipinski definition) is 8. The van der Waals surface area contributed by atoms with Crippen molar-refractivity contribution in [2.75, 3.05) is 18.1 Å². The van der Waals surface area contributed by atoms with Crippen molar-refractivity contribution in [1.82, 2.24) is 10.2 Å². The van der Waals surface area contributed by atoms with Crippen molar-refractivity contribution < 1.29 is 33.6 Å². The molecule has 2 amide bonds. The third-order valence-corrected chi connectivity index (χ3v) is 7.51. The lowest BCUT2D eigenvalue weighted by molar-refractivity contribution is -0.150. The van der Waals surface area contributed by atoms with Gasteiger partial charge in [-0.25, -0.2) is 4.79 Å². The Balaban J connectivity index is 1.65. The Kier molecular flexibility index (Phi) is 6.33. The van der Waals surface area contributed by atoms with E-state index >= 15 is 0 Å². The molecule has 0 saturated carbocycles. The third kappa shape index (κ3) is 4.19. The van der Waals surface area contributed by atoms with Gasteiger partial charge in [-0.1, -0.05) is 0 Å². The number of carboxylic acid groups (broad SMARTS) is 1. The zero-order valence-electron chi connectivity index (χ0n) is 14.6. The average molecular weight is 445 g/mol. The van der Waals surface area contributed by atoms with E-state index in [1.54, 1.807) is 16.8 Å². The van der Waals surface area contributed by atoms with Gasteiger partial charge in [0, 0.05) is 29.7 Å². The molecule has 0 aromatic carbocycles. The van der Waals surface area contributed by atoms with Gasteiger partial charge in [0.1, 0.15) is 23.7 Å². The second-order valence-corrected chi connectivity index (χ2v) is 9.28. The van der Waals surface area contributed by atoms with Crippen LogP contribution in [-0.4, -0.2) is 67.8 Å². The smallest absolute Gasteiger partial charge is 0.352 e. The van der Waals surface area contributed by atoms with Crippen LogP contribution in [0.4, 0.5) is 0 Å². The largest absolute Gasteiger partial charge is 0.611 e. The Hall–Kier alpha value is -2.02. The molecule has 28 heavy (non-hydrogen) atoms. The number of carbonyl (C=O) groups is 4. The SMILES string of the molecule is CC(=O)OCC1=C(C(=O)O)N2C(=O)[C@@H](NC(=O)C[S+]([O-])c3ccsc3)[C@H]2SC1. The van der Waals surface area contributed by atoms with Crippen LogP contribution in [0, 0.1) is 0 Å². The van der Waals surface area contributed by atoms with Crippen LogP contribution in [0.25, 0.3) is 0 Å². The molecule has 1 unspecified atom stereocenters. The molecule has 150 valence electrons. The fourth-order valence-electron chi connectivity index (χ4n) is 2.78. The van der Waals surface area contributed by atoms with Crippen LogP contribution < -0.4 is 5.32 Å². The summed E-state index contributed by atoms with van der Waals surface area (Å²) >= 11 is 1.13. The highest BCUT2D eigenvalue weighted by Crippen LogP contribution is 2.40. The number of thioether (sulfide) groups is 1. The Morgan fingerprint density at radius 1 is 1.46 bits per heavy atom. The molecule has 0 radical (unpaired) electrons. The van der Waals surface area contributed by atoms with E-state index in [0.717, 1.165) is 4.90 Å². The number of carboxylic acids is 1. The van der Waals surface area contributed by atoms with E-state index in [1.165, 1.54) is 30.0 Å². The van der Waals surface area contributed by atoms with E-state index in [0.29, 0.717) is 10.5 Å². The minimum absolute atomic E-state index is 0.211. The van der Waals surface area contributed by atoms with Crippen LogP contribution in [0.2, 0.25) is 0 Å². The molecule has 0 spiro atoms. The number of rotatable bonds is 7. The minimum Gasteiger partial charge on any atom is -0.611 e. The van der Waals surface area contributed by atoms with Crippen LogP contribution in [-0.2, 0) is 35.1 Å². The van der Waals surface area contributed by atoms with Gasteiger partial charge in [-0.15, -0.1) is 23.1 Å². The fraction of sp³-hybridized carbons (Fsp3) is 0.375. The quantitative estimate of drug-likeness (QED) is 0.345. The molecule has 12 heteroatoms. The van der Waals surface area contributed by atoms with Crippen LogP contribution in [0.5, 0.6) is 0 Å². The monoisotopic (exact) mass is 444 g/mol. The lowest BCUT2D eigenvalue weighted by atomic mass is 10.0. The number of nitrogens with zero attached hydrogens (tertiary/aromatic N) is 1. The van der Waals surface area contributed by atoms with Gasteiger partial charge in [0.2, 0.25) is 0 Å². The summed E-state index contributed by atoms with van der Waals surface area (Å²) in [7, 11) is 0. The molecule has 0 aliphatic carbocycles. The highest BCUT2D eigenvalue weighted by molar-refractivity contribution is 8.00. The highest BCUT2D eigenvalue weighted by Gasteiger charge is 2.54. The first-order chi connectivity index (χ1) is 13.3. The lowest BCUT2D eigenvalue weighted by Crippen LogP contribution is -2.71. The summed E-state index contributed by atoms with van der Waals surface area (Å²) in [4.78, 5) is 48.9. The number of hydrogen-bond donors (Lipinski definition) is 2. The van der Waals surface area contributed by atoms with Gasteiger partial charge in [0.25, 0.3) is 11.8 Å².